The number of primary amides is 1. The van der Waals surface area contributed by atoms with E-state index in [1.807, 2.05) is 24.1 Å². The van der Waals surface area contributed by atoms with Crippen molar-refractivity contribution >= 4 is 140 Å². The highest BCUT2D eigenvalue weighted by atomic mass is 32.1. The minimum atomic E-state index is -2.14. The summed E-state index contributed by atoms with van der Waals surface area (Å²) in [6.07, 6.45) is -0.246. The molecule has 3 unspecified atom stereocenters. The number of carbonyl (C=O) groups is 19. The Hall–Kier alpha value is -14.6. The standard InChI is InChI=1S/C106H140N18O25S/c1-61-31-19-20-35-67(61)52-76-92(137)116-77(53-69-60-150-83-39-22-21-37-70(69)83)93(138)113-73(89(134)109-62(2)87(107)132)40-41-84(127)108-46-27-23-38-72-90(135)118-82-58-123(57-81(111-76)71(82)59-125)102(148)149-48-28-15-11-10-12-24-42-105(43-25-13-14-26-44-106(45-30-47-124(106)64(4)126)101(147)120-79(55-86(130)131)95(140)117-80(97(142)122-105)56-103(5,6)7)100(146)119-78(54-85(128)129)94(139)115-75(51-66-34-29-36-68(49-66)98(143)144)96(141)121-104(8,9)99(145)110-63(3)88(133)114-74(91(136)112-72)50-65-32-17-16-18-33-65/h10-11,14,16-22,26,29,31-37,39,49,60,62-63,72-82,97,111,122,142H,12-13,15,23-25,27-28,30,38,40-48,50-58H2,1-9H3,(H2,107,132)(H,108,127)(H,109,134)(H,110,145)(H,112,136)(H,113,138)(H,114,133)(H,115,139)(H,116,137)(H,117,140)(H,118,135)(H,119,146)(H,120,147)(H,121,141)(H,128,129)(H,130,131)(H,143,144)/b11-10+,26-14-/t62-,63-,72-,73-,74-,75-,76-,77-,78-,79-,80-,81?,82?,97?,105+,106-/m0/s1. The van der Waals surface area contributed by atoms with Crippen LogP contribution in [-0.2, 0) is 117 Å². The third kappa shape index (κ3) is 33.7. The van der Waals surface area contributed by atoms with Crippen LogP contribution in [0.3, 0.4) is 0 Å². The first-order valence-corrected chi connectivity index (χ1v) is 51.5. The lowest BCUT2D eigenvalue weighted by Gasteiger charge is -2.41. The number of hydrogen-bond acceptors (Lipinski definition) is 25. The number of rotatable bonds is 17. The zero-order valence-corrected chi connectivity index (χ0v) is 86.6. The van der Waals surface area contributed by atoms with Crippen molar-refractivity contribution in [1.29, 1.82) is 0 Å². The van der Waals surface area contributed by atoms with Crippen molar-refractivity contribution in [2.75, 3.05) is 32.8 Å². The van der Waals surface area contributed by atoms with E-state index in [0.29, 0.717) is 28.7 Å². The van der Waals surface area contributed by atoms with Gasteiger partial charge in [0.2, 0.25) is 88.6 Å². The second-order valence-electron chi connectivity index (χ2n) is 40.7. The molecule has 810 valence electrons. The molecule has 3 fully saturated rings. The number of carboxylic acid groups (broad SMARTS) is 3. The first kappa shape index (κ1) is 117. The molecule has 6 heterocycles. The maximum atomic E-state index is 16.2. The molecule has 5 aliphatic rings. The number of fused-ring (bicyclic) bond motifs is 5. The number of carbonyl (C=O) groups excluding carboxylic acids is 17. The van der Waals surface area contributed by atoms with E-state index in [2.05, 4.69) is 79.8 Å². The lowest BCUT2D eigenvalue weighted by atomic mass is 9.83. The quantitative estimate of drug-likeness (QED) is 0.0470. The highest BCUT2D eigenvalue weighted by Gasteiger charge is 2.51. The number of aliphatic hydroxyl groups excluding tert-OH is 1. The third-order valence-corrected chi connectivity index (χ3v) is 28.3. The van der Waals surface area contributed by atoms with Gasteiger partial charge in [0.1, 0.15) is 77.6 Å². The van der Waals surface area contributed by atoms with Crippen molar-refractivity contribution in [1.82, 2.24) is 89.6 Å². The van der Waals surface area contributed by atoms with Crippen LogP contribution in [0.4, 0.5) is 4.79 Å². The molecule has 0 saturated carbocycles. The van der Waals surface area contributed by atoms with Crippen LogP contribution in [-0.4, -0.2) is 283 Å². The van der Waals surface area contributed by atoms with Crippen LogP contribution >= 0.6 is 11.3 Å². The number of likely N-dealkylation sites (tertiary alicyclic amines) is 1. The van der Waals surface area contributed by atoms with Crippen molar-refractivity contribution in [3.63, 3.8) is 0 Å². The fourth-order valence-corrected chi connectivity index (χ4v) is 20.0. The van der Waals surface area contributed by atoms with E-state index in [4.69, 9.17) is 10.5 Å². The predicted octanol–water partition coefficient (Wildman–Crippen LogP) is 2.61. The van der Waals surface area contributed by atoms with Gasteiger partial charge in [-0.15, -0.1) is 11.3 Å². The summed E-state index contributed by atoms with van der Waals surface area (Å²) >= 11 is 1.36. The number of amides is 16. The highest BCUT2D eigenvalue weighted by molar-refractivity contribution is 7.17. The summed E-state index contributed by atoms with van der Waals surface area (Å²) in [7, 11) is 0. The van der Waals surface area contributed by atoms with Gasteiger partial charge >= 0.3 is 24.0 Å². The lowest BCUT2D eigenvalue weighted by Crippen LogP contribution is -2.67. The maximum Gasteiger partial charge on any atom is 0.409 e. The summed E-state index contributed by atoms with van der Waals surface area (Å²) in [6, 6.07) is 6.81. The Bertz CT molecular complexity index is 5880. The third-order valence-electron chi connectivity index (χ3n) is 27.3. The van der Waals surface area contributed by atoms with Crippen molar-refractivity contribution < 1.29 is 121 Å². The summed E-state index contributed by atoms with van der Waals surface area (Å²) in [6.45, 7) is 12.1. The zero-order chi connectivity index (χ0) is 109. The van der Waals surface area contributed by atoms with Gasteiger partial charge in [0.05, 0.1) is 60.3 Å². The number of aliphatic hydroxyl groups is 1. The van der Waals surface area contributed by atoms with E-state index >= 15 is 38.4 Å². The fourth-order valence-electron chi connectivity index (χ4n) is 19.0. The number of carboxylic acids is 3. The smallest absolute Gasteiger partial charge is 0.409 e. The molecular weight excluding hydrogens is 1960 g/mol. The Morgan fingerprint density at radius 1 is 0.580 bits per heavy atom. The minimum absolute atomic E-state index is 0.0262. The predicted molar refractivity (Wildman–Crippen MR) is 550 cm³/mol. The first-order chi connectivity index (χ1) is 71.1. The Labute approximate surface area is 873 Å². The summed E-state index contributed by atoms with van der Waals surface area (Å²) in [5.74, 6) is -16.8. The molecule has 16 amide bonds. The van der Waals surface area contributed by atoms with Crippen molar-refractivity contribution in [3.05, 3.63) is 172 Å². The van der Waals surface area contributed by atoms with Gasteiger partial charge in [-0.25, -0.2) is 14.4 Å². The molecule has 4 bridgehead atoms. The van der Waals surface area contributed by atoms with Gasteiger partial charge < -0.3 is 110 Å². The number of nitrogens with zero attached hydrogens (tertiary/aromatic N) is 2. The normalized spacial score (nSPS) is 26.9. The molecule has 43 nitrogen and oxygen atoms in total. The summed E-state index contributed by atoms with van der Waals surface area (Å²) in [5.41, 5.74) is 0.860. The number of benzene rings is 4. The summed E-state index contributed by atoms with van der Waals surface area (Å²) < 4.78 is 6.85. The molecule has 21 N–H and O–H groups in total. The molecule has 3 saturated heterocycles. The van der Waals surface area contributed by atoms with Crippen LogP contribution in [0.25, 0.3) is 10.1 Å². The highest BCUT2D eigenvalue weighted by Crippen LogP contribution is 2.36. The topological polar surface area (TPSA) is 644 Å². The average molecular weight is 2100 g/mol. The molecule has 1 aromatic heterocycles. The van der Waals surface area contributed by atoms with Gasteiger partial charge in [-0.3, -0.25) is 92.1 Å². The average Bonchev–Trinajstić information content (AvgIpc) is 1.61. The van der Waals surface area contributed by atoms with Crippen molar-refractivity contribution in [2.45, 2.75) is 311 Å². The van der Waals surface area contributed by atoms with Gasteiger partial charge in [0.25, 0.3) is 0 Å². The number of nitrogens with two attached hydrogens (primary N) is 1. The number of nitrogens with one attached hydrogen (secondary N) is 15. The first-order valence-electron chi connectivity index (χ1n) is 50.7. The Balaban J connectivity index is 1.07. The van der Waals surface area contributed by atoms with Crippen molar-refractivity contribution in [3.8, 4) is 0 Å². The second-order valence-corrected chi connectivity index (χ2v) is 41.6. The molecule has 5 aromatic rings. The molecule has 16 atom stereocenters. The van der Waals surface area contributed by atoms with E-state index in [0.717, 1.165) is 10.1 Å². The van der Waals surface area contributed by atoms with Gasteiger partial charge in [0.15, 0.2) is 0 Å². The molecule has 10 rings (SSSR count). The number of aromatic carboxylic acids is 1. The summed E-state index contributed by atoms with van der Waals surface area (Å²) in [5, 5.41) is 87.9. The SMILES string of the molecule is CC(=O)N1CCC[C@]12C/C=C\CCC[C@@]1(CCC/C=C/CCCOC(=O)N3CC4NC(=O)[C@H](CCCCNC(=O)CC[C@@H](C(=O)N[C@@H](C)C(N)=O)NC(=O)[C@H](Cc5csc6ccccc56)NC(=O)[C@H](Cc5ccccc5C)NC(C3)C4=C=O)NC(=O)[C@H](Cc3ccccc3)NC(=O)[C@H](C)NC(=O)C(C)(C)NC(=O)[C@H](Cc3cccc(C(=O)O)c3)NC(=O)[C@H](CC(=O)O)NC1=O)NC(O)[C@H](CC(C)(C)C)NC(=O)[C@H](CC(=O)O)NC2=O. The monoisotopic (exact) mass is 2100 g/mol. The Morgan fingerprint density at radius 3 is 1.82 bits per heavy atom. The number of piperidine rings is 1. The minimum Gasteiger partial charge on any atom is -0.481 e. The van der Waals surface area contributed by atoms with Crippen LogP contribution in [0.1, 0.15) is 216 Å². The molecule has 4 aromatic carbocycles. The lowest BCUT2D eigenvalue weighted by molar-refractivity contribution is -0.146. The van der Waals surface area contributed by atoms with Crippen LogP contribution < -0.4 is 85.5 Å². The van der Waals surface area contributed by atoms with Gasteiger partial charge in [-0.05, 0) is 206 Å². The van der Waals surface area contributed by atoms with E-state index in [9.17, 15) is 78.0 Å². The Kier molecular flexibility index (Phi) is 42.6. The molecule has 0 aliphatic carbocycles. The van der Waals surface area contributed by atoms with Gasteiger partial charge in [0, 0.05) is 63.5 Å². The van der Waals surface area contributed by atoms with Gasteiger partial charge in [-0.2, -0.15) is 0 Å². The van der Waals surface area contributed by atoms with E-state index < -0.39 is 258 Å². The molecule has 2 spiro atoms. The van der Waals surface area contributed by atoms with E-state index in [1.165, 1.54) is 80.0 Å². The van der Waals surface area contributed by atoms with Crippen LogP contribution in [0.5, 0.6) is 0 Å². The number of ether oxygens (including phenoxy) is 1. The largest absolute Gasteiger partial charge is 0.481 e. The number of cyclic esters (lactones) is 1. The van der Waals surface area contributed by atoms with Crippen LogP contribution in [0.2, 0.25) is 0 Å². The molecule has 0 radical (unpaired) electrons. The molecule has 44 heteroatoms. The van der Waals surface area contributed by atoms with Crippen LogP contribution in [0.15, 0.2) is 138 Å². The van der Waals surface area contributed by atoms with Gasteiger partial charge in [-0.1, -0.05) is 130 Å². The number of aryl methyl sites for hydroxylation is 1. The van der Waals surface area contributed by atoms with E-state index in [-0.39, 0.29) is 152 Å². The van der Waals surface area contributed by atoms with E-state index in [1.54, 1.807) is 118 Å². The maximum absolute atomic E-state index is 16.2. The second kappa shape index (κ2) is 54.5. The fraction of sp³-hybridized carbons (Fsp3) is 0.519. The van der Waals surface area contributed by atoms with Crippen LogP contribution in [0, 0.1) is 12.3 Å². The summed E-state index contributed by atoms with van der Waals surface area (Å²) in [4.78, 5) is 293. The molecule has 5 aliphatic heterocycles. The zero-order valence-electron chi connectivity index (χ0n) is 85.8. The number of thiophene rings is 1. The van der Waals surface area contributed by atoms with Crippen molar-refractivity contribution in [2.24, 2.45) is 11.1 Å². The number of hydrogen-bond donors (Lipinski definition) is 20. The number of aliphatic carboxylic acids is 2. The Morgan fingerprint density at radius 2 is 1.16 bits per heavy atom. The number of allylic oxidation sites excluding steroid dienone is 3. The molecule has 150 heavy (non-hydrogen) atoms. The molecular formula is C106H140N18O25S.